The molecule has 210 valence electrons. The zero-order valence-electron chi connectivity index (χ0n) is 22.6. The van der Waals surface area contributed by atoms with Crippen LogP contribution in [0.15, 0.2) is 54.6 Å². The number of halogens is 2. The Morgan fingerprint density at radius 3 is 2.47 bits per heavy atom. The average Bonchev–Trinajstić information content (AvgIpc) is 2.91. The van der Waals surface area contributed by atoms with Gasteiger partial charge in [-0.2, -0.15) is 0 Å². The van der Waals surface area contributed by atoms with E-state index in [-0.39, 0.29) is 30.7 Å². The third kappa shape index (κ3) is 8.33. The molecule has 2 aromatic carbocycles. The minimum absolute atomic E-state index is 0. The standard InChI is InChI=1S/C30H42N4O2.2ClH/c1-32(20-25-10-12-28(13-11-25)34-14-16-36-17-15-34)30(35)9-5-8-29-27-18-26(19-31-29)22-33(23-27)21-24-6-3-2-4-7-24;;/h2-4,6-7,10-13,26-27,29,31H,5,8-9,14-23H2,1H3;2*1H/t26?,27?,29-;;/m1../s1. The highest BCUT2D eigenvalue weighted by molar-refractivity contribution is 5.85. The maximum atomic E-state index is 12.8. The normalized spacial score (nSPS) is 23.2. The summed E-state index contributed by atoms with van der Waals surface area (Å²) in [4.78, 5) is 19.7. The fourth-order valence-corrected chi connectivity index (χ4v) is 6.24. The Bertz CT molecular complexity index is 972. The van der Waals surface area contributed by atoms with Crippen LogP contribution in [0.1, 0.15) is 36.8 Å². The van der Waals surface area contributed by atoms with E-state index in [4.69, 9.17) is 4.74 Å². The molecule has 3 atom stereocenters. The minimum Gasteiger partial charge on any atom is -0.378 e. The van der Waals surface area contributed by atoms with Crippen LogP contribution >= 0.6 is 24.8 Å². The quantitative estimate of drug-likeness (QED) is 0.483. The molecular weight excluding hydrogens is 519 g/mol. The maximum absolute atomic E-state index is 12.8. The van der Waals surface area contributed by atoms with E-state index in [1.54, 1.807) is 0 Å². The van der Waals surface area contributed by atoms with E-state index in [0.29, 0.717) is 24.9 Å². The highest BCUT2D eigenvalue weighted by Gasteiger charge is 2.36. The van der Waals surface area contributed by atoms with Gasteiger partial charge in [-0.3, -0.25) is 9.69 Å². The number of nitrogens with zero attached hydrogens (tertiary/aromatic N) is 3. The maximum Gasteiger partial charge on any atom is 0.222 e. The van der Waals surface area contributed by atoms with Crippen molar-refractivity contribution in [3.63, 3.8) is 0 Å². The summed E-state index contributed by atoms with van der Waals surface area (Å²) in [5.74, 6) is 1.69. The van der Waals surface area contributed by atoms with Crippen molar-refractivity contribution in [1.29, 1.82) is 0 Å². The van der Waals surface area contributed by atoms with Crippen LogP contribution in [0.25, 0.3) is 0 Å². The first-order valence-electron chi connectivity index (χ1n) is 13.8. The number of benzene rings is 2. The second-order valence-corrected chi connectivity index (χ2v) is 11.0. The molecule has 3 fully saturated rings. The molecule has 2 aromatic rings. The van der Waals surface area contributed by atoms with Crippen LogP contribution in [0.3, 0.4) is 0 Å². The van der Waals surface area contributed by atoms with Gasteiger partial charge in [-0.15, -0.1) is 24.8 Å². The molecule has 0 spiro atoms. The molecular formula is C30H44Cl2N4O2. The van der Waals surface area contributed by atoms with Crippen LogP contribution in [0.2, 0.25) is 0 Å². The van der Waals surface area contributed by atoms with Crippen molar-refractivity contribution >= 4 is 36.4 Å². The first-order valence-corrected chi connectivity index (χ1v) is 13.8. The topological polar surface area (TPSA) is 48.1 Å². The number of fused-ring (bicyclic) bond motifs is 2. The molecule has 3 aliphatic rings. The summed E-state index contributed by atoms with van der Waals surface area (Å²) in [6, 6.07) is 20.0. The Hall–Kier alpha value is -1.83. The van der Waals surface area contributed by atoms with Crippen LogP contribution in [0.5, 0.6) is 0 Å². The number of nitrogens with one attached hydrogen (secondary N) is 1. The lowest BCUT2D eigenvalue weighted by molar-refractivity contribution is -0.130. The van der Waals surface area contributed by atoms with Gasteiger partial charge in [0, 0.05) is 64.5 Å². The number of ether oxygens (including phenoxy) is 1. The SMILES string of the molecule is CN(Cc1ccc(N2CCOCC2)cc1)C(=O)CCC[C@H]1NCC2CC1CN(Cc1ccccc1)C2.Cl.Cl. The zero-order chi connectivity index (χ0) is 24.7. The predicted octanol–water partition coefficient (Wildman–Crippen LogP) is 4.61. The Labute approximate surface area is 240 Å². The predicted molar refractivity (Wildman–Crippen MR) is 159 cm³/mol. The number of piperidine rings is 2. The number of anilines is 1. The van der Waals surface area contributed by atoms with Gasteiger partial charge in [-0.1, -0.05) is 42.5 Å². The molecule has 8 heteroatoms. The Kier molecular flexibility index (Phi) is 12.2. The summed E-state index contributed by atoms with van der Waals surface area (Å²) >= 11 is 0. The first kappa shape index (κ1) is 30.7. The molecule has 0 aliphatic carbocycles. The number of hydrogen-bond acceptors (Lipinski definition) is 5. The number of likely N-dealkylation sites (tertiary alicyclic amines) is 1. The average molecular weight is 564 g/mol. The molecule has 2 unspecified atom stereocenters. The first-order chi connectivity index (χ1) is 17.6. The number of hydrogen-bond donors (Lipinski definition) is 1. The molecule has 3 aliphatic heterocycles. The smallest absolute Gasteiger partial charge is 0.222 e. The highest BCUT2D eigenvalue weighted by atomic mass is 35.5. The van der Waals surface area contributed by atoms with E-state index >= 15 is 0 Å². The van der Waals surface area contributed by atoms with E-state index in [0.717, 1.165) is 64.7 Å². The van der Waals surface area contributed by atoms with E-state index in [1.807, 2.05) is 11.9 Å². The number of carbonyl (C=O) groups is 1. The van der Waals surface area contributed by atoms with Crippen LogP contribution in [0, 0.1) is 11.8 Å². The second-order valence-electron chi connectivity index (χ2n) is 11.0. The summed E-state index contributed by atoms with van der Waals surface area (Å²) in [6.07, 6.45) is 4.00. The molecule has 5 rings (SSSR count). The van der Waals surface area contributed by atoms with Crippen molar-refractivity contribution in [2.75, 3.05) is 57.9 Å². The van der Waals surface area contributed by atoms with Gasteiger partial charge in [-0.25, -0.2) is 0 Å². The molecule has 0 saturated carbocycles. The Morgan fingerprint density at radius 2 is 1.74 bits per heavy atom. The van der Waals surface area contributed by atoms with Crippen LogP contribution < -0.4 is 10.2 Å². The van der Waals surface area contributed by atoms with Gasteiger partial charge in [0.05, 0.1) is 13.2 Å². The second kappa shape index (κ2) is 15.1. The van der Waals surface area contributed by atoms with Gasteiger partial charge < -0.3 is 19.9 Å². The Morgan fingerprint density at radius 1 is 1.00 bits per heavy atom. The van der Waals surface area contributed by atoms with Crippen LogP contribution in [0.4, 0.5) is 5.69 Å². The van der Waals surface area contributed by atoms with E-state index in [2.05, 4.69) is 69.7 Å². The molecule has 6 nitrogen and oxygen atoms in total. The van der Waals surface area contributed by atoms with Gasteiger partial charge in [0.15, 0.2) is 0 Å². The molecule has 1 amide bonds. The lowest BCUT2D eigenvalue weighted by Crippen LogP contribution is -2.55. The van der Waals surface area contributed by atoms with Gasteiger partial charge >= 0.3 is 0 Å². The minimum atomic E-state index is 0. The van der Waals surface area contributed by atoms with Crippen molar-refractivity contribution in [2.45, 2.75) is 44.8 Å². The lowest BCUT2D eigenvalue weighted by atomic mass is 9.79. The molecule has 0 radical (unpaired) electrons. The molecule has 3 saturated heterocycles. The number of morpholine rings is 1. The molecule has 2 bridgehead atoms. The number of rotatable bonds is 9. The van der Waals surface area contributed by atoms with Gasteiger partial charge in [0.2, 0.25) is 5.91 Å². The Balaban J connectivity index is 0.00000200. The number of carbonyl (C=O) groups excluding carboxylic acids is 1. The summed E-state index contributed by atoms with van der Waals surface area (Å²) in [7, 11) is 1.93. The fraction of sp³-hybridized carbons (Fsp3) is 0.567. The summed E-state index contributed by atoms with van der Waals surface area (Å²) in [5.41, 5.74) is 3.83. The summed E-state index contributed by atoms with van der Waals surface area (Å²) in [5, 5.41) is 3.82. The van der Waals surface area contributed by atoms with Crippen molar-refractivity contribution in [3.05, 3.63) is 65.7 Å². The van der Waals surface area contributed by atoms with Crippen molar-refractivity contribution in [1.82, 2.24) is 15.1 Å². The monoisotopic (exact) mass is 562 g/mol. The van der Waals surface area contributed by atoms with E-state index in [1.165, 1.54) is 29.8 Å². The van der Waals surface area contributed by atoms with E-state index in [9.17, 15) is 4.79 Å². The molecule has 38 heavy (non-hydrogen) atoms. The van der Waals surface area contributed by atoms with Crippen molar-refractivity contribution < 1.29 is 9.53 Å². The summed E-state index contributed by atoms with van der Waals surface area (Å²) < 4.78 is 5.45. The third-order valence-electron chi connectivity index (χ3n) is 8.20. The van der Waals surface area contributed by atoms with Gasteiger partial charge in [-0.05, 0) is 60.9 Å². The molecule has 3 heterocycles. The zero-order valence-corrected chi connectivity index (χ0v) is 24.2. The fourth-order valence-electron chi connectivity index (χ4n) is 6.24. The van der Waals surface area contributed by atoms with Gasteiger partial charge in [0.1, 0.15) is 0 Å². The molecule has 1 N–H and O–H groups in total. The van der Waals surface area contributed by atoms with Crippen LogP contribution in [-0.4, -0.2) is 74.7 Å². The lowest BCUT2D eigenvalue weighted by Gasteiger charge is -2.46. The third-order valence-corrected chi connectivity index (χ3v) is 8.20. The number of amides is 1. The van der Waals surface area contributed by atoms with Crippen LogP contribution in [-0.2, 0) is 22.6 Å². The molecule has 0 aromatic heterocycles. The van der Waals surface area contributed by atoms with E-state index < -0.39 is 0 Å². The van der Waals surface area contributed by atoms with Crippen molar-refractivity contribution in [2.24, 2.45) is 11.8 Å². The largest absolute Gasteiger partial charge is 0.378 e. The summed E-state index contributed by atoms with van der Waals surface area (Å²) in [6.45, 7) is 8.67. The van der Waals surface area contributed by atoms with Crippen molar-refractivity contribution in [3.8, 4) is 0 Å². The highest BCUT2D eigenvalue weighted by Crippen LogP contribution is 2.31. The van der Waals surface area contributed by atoms with Gasteiger partial charge in [0.25, 0.3) is 0 Å².